The van der Waals surface area contributed by atoms with Gasteiger partial charge in [0.15, 0.2) is 18.0 Å². The van der Waals surface area contributed by atoms with Gasteiger partial charge in [0.1, 0.15) is 17.7 Å². The molecule has 9 nitrogen and oxygen atoms in total. The Morgan fingerprint density at radius 3 is 2.92 bits per heavy atom. The number of fused-ring (bicyclic) bond motifs is 1. The summed E-state index contributed by atoms with van der Waals surface area (Å²) in [5, 5.41) is 23.2. The molecule has 4 heterocycles. The Balaban J connectivity index is 1.88. The lowest BCUT2D eigenvalue weighted by atomic mass is 10.1. The molecule has 1 aliphatic rings. The van der Waals surface area contributed by atoms with E-state index in [0.29, 0.717) is 5.52 Å². The quantitative estimate of drug-likeness (QED) is 0.574. The molecule has 3 aromatic heterocycles. The number of imidazole rings is 1. The van der Waals surface area contributed by atoms with Crippen LogP contribution in [-0.4, -0.2) is 54.3 Å². The Bertz CT molecular complexity index is 988. The van der Waals surface area contributed by atoms with E-state index in [4.69, 9.17) is 10.5 Å². The molecular formula is C15H16FN5O4S. The zero-order valence-electron chi connectivity index (χ0n) is 13.4. The Kier molecular flexibility index (Phi) is 4.23. The van der Waals surface area contributed by atoms with Crippen molar-refractivity contribution in [3.63, 3.8) is 0 Å². The number of nitrogen functional groups attached to an aromatic ring is 1. The van der Waals surface area contributed by atoms with E-state index < -0.39 is 36.9 Å². The Morgan fingerprint density at radius 2 is 2.27 bits per heavy atom. The summed E-state index contributed by atoms with van der Waals surface area (Å²) in [7, 11) is 0. The number of aliphatic hydroxyl groups is 2. The highest BCUT2D eigenvalue weighted by atomic mass is 32.1. The van der Waals surface area contributed by atoms with E-state index in [2.05, 4.69) is 9.97 Å². The number of rotatable bonds is 4. The van der Waals surface area contributed by atoms with Crippen LogP contribution in [-0.2, 0) is 11.3 Å². The lowest BCUT2D eigenvalue weighted by Crippen LogP contribution is -2.34. The first-order valence-corrected chi connectivity index (χ1v) is 8.78. The van der Waals surface area contributed by atoms with Gasteiger partial charge < -0.3 is 20.7 Å². The molecular weight excluding hydrogens is 365 g/mol. The smallest absolute Gasteiger partial charge is 0.332 e. The van der Waals surface area contributed by atoms with Crippen molar-refractivity contribution in [2.24, 2.45) is 0 Å². The van der Waals surface area contributed by atoms with Crippen molar-refractivity contribution in [1.29, 1.82) is 0 Å². The van der Waals surface area contributed by atoms with E-state index >= 15 is 0 Å². The van der Waals surface area contributed by atoms with Crippen LogP contribution < -0.4 is 11.4 Å². The van der Waals surface area contributed by atoms with E-state index in [1.54, 1.807) is 0 Å². The fourth-order valence-corrected chi connectivity index (χ4v) is 3.75. The summed E-state index contributed by atoms with van der Waals surface area (Å²) < 4.78 is 22.0. The fourth-order valence-electron chi connectivity index (χ4n) is 3.09. The van der Waals surface area contributed by atoms with E-state index in [1.807, 2.05) is 16.8 Å². The van der Waals surface area contributed by atoms with Crippen LogP contribution in [0.3, 0.4) is 0 Å². The Labute approximate surface area is 150 Å². The summed E-state index contributed by atoms with van der Waals surface area (Å²) in [5.74, 6) is -0.0677. The summed E-state index contributed by atoms with van der Waals surface area (Å²) in [6, 6.07) is 1.87. The van der Waals surface area contributed by atoms with E-state index in [0.717, 1.165) is 10.1 Å². The fraction of sp³-hybridized carbons (Fsp3) is 0.400. The molecule has 1 aliphatic heterocycles. The van der Waals surface area contributed by atoms with Crippen molar-refractivity contribution < 1.29 is 19.3 Å². The molecule has 0 unspecified atom stereocenters. The summed E-state index contributed by atoms with van der Waals surface area (Å²) >= 11 is 1.49. The average Bonchev–Trinajstić information content (AvgIpc) is 3.30. The van der Waals surface area contributed by atoms with Crippen LogP contribution in [0.2, 0.25) is 0 Å². The van der Waals surface area contributed by atoms with Gasteiger partial charge in [-0.25, -0.2) is 18.7 Å². The third-order valence-corrected chi connectivity index (χ3v) is 5.10. The Morgan fingerprint density at radius 1 is 1.46 bits per heavy atom. The highest BCUT2D eigenvalue weighted by molar-refractivity contribution is 7.07. The molecule has 26 heavy (non-hydrogen) atoms. The minimum Gasteiger partial charge on any atom is -0.394 e. The number of nitrogens with two attached hydrogens (primary N) is 1. The molecule has 0 aliphatic carbocycles. The number of hydrogen-bond donors (Lipinski definition) is 3. The number of aliphatic hydroxyl groups excluding tert-OH is 2. The molecule has 0 saturated carbocycles. The molecule has 0 amide bonds. The standard InChI is InChI=1S/C15H16FN5O4S/c16-10-9(5-22)25-13(11(10)23)21-12-8(3-18-14(17)19-12)20(15(21)24)4-7-1-2-26-6-7/h1-3,6,9-11,13,22-23H,4-5H2,(H2,17,18,19)/t9-,10-,11-,13-/m1/s1. The monoisotopic (exact) mass is 381 g/mol. The second-order valence-electron chi connectivity index (χ2n) is 5.99. The van der Waals surface area contributed by atoms with Gasteiger partial charge in [-0.1, -0.05) is 0 Å². The number of thiophene rings is 1. The van der Waals surface area contributed by atoms with Crippen molar-refractivity contribution in [3.8, 4) is 0 Å². The van der Waals surface area contributed by atoms with Gasteiger partial charge in [0.25, 0.3) is 0 Å². The van der Waals surface area contributed by atoms with Crippen LogP contribution in [0.15, 0.2) is 27.8 Å². The molecule has 4 N–H and O–H groups in total. The van der Waals surface area contributed by atoms with Crippen LogP contribution in [0.1, 0.15) is 11.8 Å². The maximum absolute atomic E-state index is 14.1. The van der Waals surface area contributed by atoms with Gasteiger partial charge in [-0.2, -0.15) is 16.3 Å². The zero-order valence-corrected chi connectivity index (χ0v) is 14.2. The number of alkyl halides is 1. The molecule has 4 atom stereocenters. The second-order valence-corrected chi connectivity index (χ2v) is 6.77. The summed E-state index contributed by atoms with van der Waals surface area (Å²) in [6.07, 6.45) is -4.60. The predicted octanol–water partition coefficient (Wildman–Crippen LogP) is -0.126. The first kappa shape index (κ1) is 17.1. The molecule has 11 heteroatoms. The molecule has 138 valence electrons. The first-order valence-electron chi connectivity index (χ1n) is 7.84. The largest absolute Gasteiger partial charge is 0.394 e. The normalized spacial score (nSPS) is 26.0. The van der Waals surface area contributed by atoms with Gasteiger partial charge in [0.2, 0.25) is 5.95 Å². The maximum Gasteiger partial charge on any atom is 0.332 e. The minimum atomic E-state index is -1.83. The van der Waals surface area contributed by atoms with Gasteiger partial charge in [-0.05, 0) is 22.4 Å². The summed E-state index contributed by atoms with van der Waals surface area (Å²) in [5.41, 5.74) is 6.51. The zero-order chi connectivity index (χ0) is 18.4. The topological polar surface area (TPSA) is 128 Å². The van der Waals surface area contributed by atoms with Crippen molar-refractivity contribution >= 4 is 28.4 Å². The maximum atomic E-state index is 14.1. The van der Waals surface area contributed by atoms with Crippen LogP contribution in [0.4, 0.5) is 10.3 Å². The highest BCUT2D eigenvalue weighted by Crippen LogP contribution is 2.32. The third-order valence-electron chi connectivity index (χ3n) is 4.37. The van der Waals surface area contributed by atoms with Crippen molar-refractivity contribution in [2.75, 3.05) is 12.3 Å². The van der Waals surface area contributed by atoms with Gasteiger partial charge in [0.05, 0.1) is 19.3 Å². The van der Waals surface area contributed by atoms with Crippen LogP contribution in [0.25, 0.3) is 11.2 Å². The molecule has 0 radical (unpaired) electrons. The van der Waals surface area contributed by atoms with Crippen LogP contribution >= 0.6 is 11.3 Å². The molecule has 0 bridgehead atoms. The summed E-state index contributed by atoms with van der Waals surface area (Å²) in [6.45, 7) is -0.363. The van der Waals surface area contributed by atoms with Crippen LogP contribution in [0, 0.1) is 0 Å². The summed E-state index contributed by atoms with van der Waals surface area (Å²) in [4.78, 5) is 21.0. The average molecular weight is 381 g/mol. The van der Waals surface area contributed by atoms with E-state index in [-0.39, 0.29) is 18.1 Å². The van der Waals surface area contributed by atoms with Crippen molar-refractivity contribution in [1.82, 2.24) is 19.1 Å². The van der Waals surface area contributed by atoms with Crippen molar-refractivity contribution in [3.05, 3.63) is 39.1 Å². The van der Waals surface area contributed by atoms with Gasteiger partial charge >= 0.3 is 5.69 Å². The van der Waals surface area contributed by atoms with Crippen LogP contribution in [0.5, 0.6) is 0 Å². The first-order chi connectivity index (χ1) is 12.5. The third kappa shape index (κ3) is 2.60. The number of nitrogens with zero attached hydrogens (tertiary/aromatic N) is 4. The molecule has 1 fully saturated rings. The number of aromatic nitrogens is 4. The minimum absolute atomic E-state index is 0.0677. The second kappa shape index (κ2) is 6.43. The number of halogens is 1. The van der Waals surface area contributed by atoms with E-state index in [9.17, 15) is 19.4 Å². The number of ether oxygens (including phenoxy) is 1. The molecule has 0 spiro atoms. The lowest BCUT2D eigenvalue weighted by Gasteiger charge is -2.15. The Hall–Kier alpha value is -2.34. The number of anilines is 1. The highest BCUT2D eigenvalue weighted by Gasteiger charge is 2.46. The van der Waals surface area contributed by atoms with E-state index in [1.165, 1.54) is 22.1 Å². The molecule has 1 saturated heterocycles. The van der Waals surface area contributed by atoms with Gasteiger partial charge in [-0.3, -0.25) is 4.57 Å². The lowest BCUT2D eigenvalue weighted by molar-refractivity contribution is -0.0513. The predicted molar refractivity (Wildman–Crippen MR) is 91.5 cm³/mol. The van der Waals surface area contributed by atoms with Crippen molar-refractivity contribution in [2.45, 2.75) is 31.2 Å². The van der Waals surface area contributed by atoms with Gasteiger partial charge in [-0.15, -0.1) is 0 Å². The molecule has 3 aromatic rings. The SMILES string of the molecule is Nc1ncc2c(n1)n([C@@H]1O[C@H](CO)[C@@H](F)[C@H]1O)c(=O)n2Cc1ccsc1. The molecule has 0 aromatic carbocycles. The number of hydrogen-bond acceptors (Lipinski definition) is 8. The van der Waals surface area contributed by atoms with Gasteiger partial charge in [0, 0.05) is 0 Å². The molecule has 4 rings (SSSR count).